The predicted molar refractivity (Wildman–Crippen MR) is 138 cm³/mol. The quantitative estimate of drug-likeness (QED) is 0.540. The van der Waals surface area contributed by atoms with E-state index < -0.39 is 46.9 Å². The Balaban J connectivity index is 1.70. The van der Waals surface area contributed by atoms with Gasteiger partial charge in [-0.1, -0.05) is 24.3 Å². The third-order valence-electron chi connectivity index (χ3n) is 7.86. The molecule has 0 radical (unpaired) electrons. The lowest BCUT2D eigenvalue weighted by molar-refractivity contribution is -0.140. The number of carbonyl (C=O) groups is 3. The number of rotatable bonds is 7. The lowest BCUT2D eigenvalue weighted by Crippen LogP contribution is -2.57. The lowest BCUT2D eigenvalue weighted by Gasteiger charge is -2.47. The maximum atomic E-state index is 14.0. The van der Waals surface area contributed by atoms with E-state index in [1.165, 1.54) is 17.9 Å². The third kappa shape index (κ3) is 5.16. The highest BCUT2D eigenvalue weighted by Gasteiger charge is 2.45. The molecule has 11 heteroatoms. The van der Waals surface area contributed by atoms with Crippen LogP contribution in [0.3, 0.4) is 0 Å². The highest BCUT2D eigenvalue weighted by Crippen LogP contribution is 2.41. The molecule has 2 aliphatic rings. The lowest BCUT2D eigenvalue weighted by atomic mass is 9.72. The van der Waals surface area contributed by atoms with Crippen LogP contribution in [-0.4, -0.2) is 51.9 Å². The first-order valence-corrected chi connectivity index (χ1v) is 12.7. The second kappa shape index (κ2) is 11.2. The van der Waals surface area contributed by atoms with Crippen molar-refractivity contribution in [3.8, 4) is 12.1 Å². The summed E-state index contributed by atoms with van der Waals surface area (Å²) in [5, 5.41) is 29.8. The minimum atomic E-state index is -1.34. The number of amides is 2. The Bertz CT molecular complexity index is 1480. The standard InChI is InChI=1S/C29H27F2N5O4/c1-17-27(28(39)40)20(18-6-7-22(30)23(31)12-18)13-26(38)36(17)25(14-24(34)37)35-10-8-29(16-33,9-11-35)21-5-3-2-4-19(21)15-32/h2-7,12,20,25H,8-11,13-14H2,1H3,(H2,34,37)(H,39,40). The number of benzene rings is 2. The zero-order valence-electron chi connectivity index (χ0n) is 21.7. The summed E-state index contributed by atoms with van der Waals surface area (Å²) in [7, 11) is 0. The molecule has 2 aromatic rings. The van der Waals surface area contributed by atoms with Gasteiger partial charge in [0.1, 0.15) is 0 Å². The highest BCUT2D eigenvalue weighted by atomic mass is 19.2. The number of allylic oxidation sites excluding steroid dienone is 1. The molecule has 1 saturated heterocycles. The van der Waals surface area contributed by atoms with E-state index in [1.807, 2.05) is 4.90 Å². The average Bonchev–Trinajstić information content (AvgIpc) is 2.93. The molecule has 206 valence electrons. The Kier molecular flexibility index (Phi) is 7.98. The smallest absolute Gasteiger partial charge is 0.333 e. The molecule has 2 amide bonds. The van der Waals surface area contributed by atoms with Crippen LogP contribution >= 0.6 is 0 Å². The van der Waals surface area contributed by atoms with E-state index >= 15 is 0 Å². The molecule has 40 heavy (non-hydrogen) atoms. The fourth-order valence-electron chi connectivity index (χ4n) is 5.86. The van der Waals surface area contributed by atoms with Gasteiger partial charge in [0.05, 0.1) is 41.3 Å². The molecule has 9 nitrogen and oxygen atoms in total. The Morgan fingerprint density at radius 1 is 1.15 bits per heavy atom. The SMILES string of the molecule is CC1=C(C(=O)O)C(c2ccc(F)c(F)c2)CC(=O)N1C(CC(N)=O)N1CCC(C#N)(c2ccccc2C#N)CC1. The molecular formula is C29H27F2N5O4. The summed E-state index contributed by atoms with van der Waals surface area (Å²) in [6, 6.07) is 14.4. The molecule has 1 fully saturated rings. The van der Waals surface area contributed by atoms with Gasteiger partial charge in [0.2, 0.25) is 11.8 Å². The number of halogens is 2. The van der Waals surface area contributed by atoms with Crippen LogP contribution in [0.15, 0.2) is 53.7 Å². The van der Waals surface area contributed by atoms with E-state index in [4.69, 9.17) is 5.73 Å². The Morgan fingerprint density at radius 2 is 1.82 bits per heavy atom. The summed E-state index contributed by atoms with van der Waals surface area (Å²) in [6.45, 7) is 1.96. The normalized spacial score (nSPS) is 20.0. The number of piperidine rings is 1. The number of nitrogens with two attached hydrogens (primary N) is 1. The minimum Gasteiger partial charge on any atom is -0.478 e. The fourth-order valence-corrected chi connectivity index (χ4v) is 5.86. The molecule has 4 rings (SSSR count). The van der Waals surface area contributed by atoms with Crippen molar-refractivity contribution < 1.29 is 28.3 Å². The number of hydrogen-bond donors (Lipinski definition) is 2. The predicted octanol–water partition coefficient (Wildman–Crippen LogP) is 3.27. The van der Waals surface area contributed by atoms with E-state index in [0.29, 0.717) is 24.0 Å². The van der Waals surface area contributed by atoms with Gasteiger partial charge in [-0.15, -0.1) is 0 Å². The van der Waals surface area contributed by atoms with Gasteiger partial charge in [-0.25, -0.2) is 13.6 Å². The number of hydrogen-bond acceptors (Lipinski definition) is 6. The van der Waals surface area contributed by atoms with Crippen LogP contribution in [0.2, 0.25) is 0 Å². The Labute approximate surface area is 229 Å². The van der Waals surface area contributed by atoms with Crippen molar-refractivity contribution in [2.24, 2.45) is 5.73 Å². The number of carbonyl (C=O) groups excluding carboxylic acids is 2. The molecule has 2 atom stereocenters. The van der Waals surface area contributed by atoms with Crippen molar-refractivity contribution >= 4 is 17.8 Å². The van der Waals surface area contributed by atoms with Gasteiger partial charge in [-0.2, -0.15) is 10.5 Å². The minimum absolute atomic E-state index is 0.0664. The average molecular weight is 548 g/mol. The molecular weight excluding hydrogens is 520 g/mol. The van der Waals surface area contributed by atoms with Crippen LogP contribution in [0.25, 0.3) is 0 Å². The number of likely N-dealkylation sites (tertiary alicyclic amines) is 1. The molecule has 2 unspecified atom stereocenters. The van der Waals surface area contributed by atoms with Gasteiger partial charge in [0, 0.05) is 31.1 Å². The topological polar surface area (TPSA) is 152 Å². The number of nitrogens with zero attached hydrogens (tertiary/aromatic N) is 4. The summed E-state index contributed by atoms with van der Waals surface area (Å²) >= 11 is 0. The van der Waals surface area contributed by atoms with E-state index in [1.54, 1.807) is 24.3 Å². The number of carboxylic acid groups (broad SMARTS) is 1. The second-order valence-corrected chi connectivity index (χ2v) is 10.0. The maximum absolute atomic E-state index is 14.0. The number of primary amides is 1. The molecule has 3 N–H and O–H groups in total. The summed E-state index contributed by atoms with van der Waals surface area (Å²) in [6.07, 6.45) is -0.963. The Hall–Kier alpha value is -4.61. The third-order valence-corrected chi connectivity index (χ3v) is 7.86. The van der Waals surface area contributed by atoms with E-state index in [2.05, 4.69) is 12.1 Å². The Morgan fingerprint density at radius 3 is 2.40 bits per heavy atom. The van der Waals surface area contributed by atoms with Crippen molar-refractivity contribution in [3.05, 3.63) is 82.1 Å². The van der Waals surface area contributed by atoms with E-state index in [-0.39, 0.29) is 42.8 Å². The van der Waals surface area contributed by atoms with Gasteiger partial charge in [0.25, 0.3) is 0 Å². The van der Waals surface area contributed by atoms with Crippen molar-refractivity contribution in [1.82, 2.24) is 9.80 Å². The summed E-state index contributed by atoms with van der Waals surface area (Å²) in [5.41, 5.74) is 5.63. The van der Waals surface area contributed by atoms with Gasteiger partial charge in [-0.3, -0.25) is 19.4 Å². The first-order chi connectivity index (χ1) is 19.0. The van der Waals surface area contributed by atoms with Crippen LogP contribution in [0, 0.1) is 34.3 Å². The molecule has 2 aliphatic heterocycles. The first-order valence-electron chi connectivity index (χ1n) is 12.7. The molecule has 0 spiro atoms. The second-order valence-electron chi connectivity index (χ2n) is 10.0. The highest BCUT2D eigenvalue weighted by molar-refractivity contribution is 5.95. The van der Waals surface area contributed by atoms with Crippen LogP contribution in [-0.2, 0) is 19.8 Å². The number of aliphatic carboxylic acids is 1. The van der Waals surface area contributed by atoms with Crippen molar-refractivity contribution in [2.75, 3.05) is 13.1 Å². The summed E-state index contributed by atoms with van der Waals surface area (Å²) in [5.74, 6) is -5.83. The molecule has 2 heterocycles. The first kappa shape index (κ1) is 28.4. The van der Waals surface area contributed by atoms with Gasteiger partial charge in [-0.05, 0) is 49.1 Å². The summed E-state index contributed by atoms with van der Waals surface area (Å²) < 4.78 is 27.5. The molecule has 0 aliphatic carbocycles. The zero-order valence-corrected chi connectivity index (χ0v) is 21.7. The van der Waals surface area contributed by atoms with Crippen LogP contribution in [0.4, 0.5) is 8.78 Å². The van der Waals surface area contributed by atoms with Crippen LogP contribution in [0.1, 0.15) is 55.2 Å². The van der Waals surface area contributed by atoms with Crippen LogP contribution < -0.4 is 5.73 Å². The zero-order chi connectivity index (χ0) is 29.2. The van der Waals surface area contributed by atoms with Crippen molar-refractivity contribution in [1.29, 1.82) is 10.5 Å². The van der Waals surface area contributed by atoms with Crippen LogP contribution in [0.5, 0.6) is 0 Å². The van der Waals surface area contributed by atoms with Crippen molar-refractivity contribution in [3.63, 3.8) is 0 Å². The fraction of sp³-hybridized carbons (Fsp3) is 0.345. The van der Waals surface area contributed by atoms with E-state index in [0.717, 1.165) is 12.1 Å². The maximum Gasteiger partial charge on any atom is 0.333 e. The summed E-state index contributed by atoms with van der Waals surface area (Å²) in [4.78, 5) is 41.1. The van der Waals surface area contributed by atoms with Gasteiger partial charge < -0.3 is 10.8 Å². The molecule has 0 aromatic heterocycles. The molecule has 2 aromatic carbocycles. The van der Waals surface area contributed by atoms with Gasteiger partial charge in [0.15, 0.2) is 11.6 Å². The molecule has 0 saturated carbocycles. The van der Waals surface area contributed by atoms with Gasteiger partial charge >= 0.3 is 5.97 Å². The monoisotopic (exact) mass is 547 g/mol. The number of carboxylic acids is 1. The molecule has 0 bridgehead atoms. The number of nitriles is 2. The largest absolute Gasteiger partial charge is 0.478 e. The van der Waals surface area contributed by atoms with E-state index in [9.17, 15) is 38.8 Å². The van der Waals surface area contributed by atoms with Crippen molar-refractivity contribution in [2.45, 2.75) is 50.1 Å².